The Hall–Kier alpha value is -1.04. The molecule has 30 heavy (non-hydrogen) atoms. The molecule has 5 heteroatoms. The van der Waals surface area contributed by atoms with E-state index in [-0.39, 0.29) is 12.0 Å². The number of benzene rings is 1. The molecule has 0 fully saturated rings. The van der Waals surface area contributed by atoms with Gasteiger partial charge in [-0.1, -0.05) is 51.9 Å². The van der Waals surface area contributed by atoms with E-state index in [0.717, 1.165) is 38.2 Å². The molecule has 0 aromatic heterocycles. The van der Waals surface area contributed by atoms with Gasteiger partial charge in [0.05, 0.1) is 6.10 Å². The second-order valence-electron chi connectivity index (χ2n) is 8.46. The van der Waals surface area contributed by atoms with Gasteiger partial charge in [-0.05, 0) is 57.2 Å². The van der Waals surface area contributed by atoms with E-state index in [1.807, 2.05) is 13.8 Å². The average Bonchev–Trinajstić information content (AvgIpc) is 2.69. The third-order valence-corrected chi connectivity index (χ3v) is 5.57. The molecule has 1 atom stereocenters. The van der Waals surface area contributed by atoms with Crippen molar-refractivity contribution in [3.8, 4) is 0 Å². The number of hydrogen-bond acceptors (Lipinski definition) is 3. The minimum Gasteiger partial charge on any atom is -0.331 e. The van der Waals surface area contributed by atoms with E-state index in [9.17, 15) is 8.78 Å². The maximum Gasteiger partial charge on any atom is 0.285 e. The lowest BCUT2D eigenvalue weighted by Crippen LogP contribution is -2.46. The maximum atomic E-state index is 13.4. The molecule has 0 saturated heterocycles. The second-order valence-corrected chi connectivity index (χ2v) is 8.46. The van der Waals surface area contributed by atoms with E-state index < -0.39 is 17.6 Å². The summed E-state index contributed by atoms with van der Waals surface area (Å²) in [5.74, 6) is -1.99. The van der Waals surface area contributed by atoms with Gasteiger partial charge in [-0.2, -0.15) is 0 Å². The molecule has 1 aromatic carbocycles. The van der Waals surface area contributed by atoms with Crippen molar-refractivity contribution in [2.45, 2.75) is 103 Å². The summed E-state index contributed by atoms with van der Waals surface area (Å²) in [7, 11) is 3.27. The Balaban J connectivity index is 2.66. The average molecular weight is 429 g/mol. The Kier molecular flexibility index (Phi) is 13.4. The number of aryl methyl sites for hydroxylation is 1. The second kappa shape index (κ2) is 14.9. The number of unbranched alkanes of at least 4 members (excludes halogenated alkanes) is 6. The normalized spacial score (nSPS) is 13.2. The van der Waals surface area contributed by atoms with Crippen LogP contribution in [0.3, 0.4) is 0 Å². The van der Waals surface area contributed by atoms with Gasteiger partial charge in [0.2, 0.25) is 0 Å². The zero-order chi connectivity index (χ0) is 22.4. The third kappa shape index (κ3) is 9.84. The summed E-state index contributed by atoms with van der Waals surface area (Å²) >= 11 is 0. The molecule has 3 nitrogen and oxygen atoms in total. The standard InChI is InChI=1S/C25H42F2O3/c1-6-7-8-9-10-11-15-22(25(28-4,29-5)30-20(2)3)16-13-12-14-21-17-23(26)19-24(27)18-21/h17-20,22H,6-16H2,1-5H3. The highest BCUT2D eigenvalue weighted by molar-refractivity contribution is 5.17. The van der Waals surface area contributed by atoms with E-state index in [4.69, 9.17) is 14.2 Å². The molecule has 1 unspecified atom stereocenters. The van der Waals surface area contributed by atoms with Crippen LogP contribution in [0.15, 0.2) is 18.2 Å². The van der Waals surface area contributed by atoms with Crippen molar-refractivity contribution in [1.29, 1.82) is 0 Å². The molecule has 0 spiro atoms. The number of halogens is 2. The van der Waals surface area contributed by atoms with Gasteiger partial charge < -0.3 is 14.2 Å². The zero-order valence-electron chi connectivity index (χ0n) is 19.6. The predicted molar refractivity (Wildman–Crippen MR) is 118 cm³/mol. The smallest absolute Gasteiger partial charge is 0.285 e. The molecular formula is C25H42F2O3. The van der Waals surface area contributed by atoms with Crippen LogP contribution in [0.4, 0.5) is 8.78 Å². The predicted octanol–water partition coefficient (Wildman–Crippen LogP) is 7.42. The summed E-state index contributed by atoms with van der Waals surface area (Å²) in [4.78, 5) is 0. The van der Waals surface area contributed by atoms with Crippen LogP contribution in [-0.2, 0) is 20.6 Å². The first-order valence-corrected chi connectivity index (χ1v) is 11.6. The minimum atomic E-state index is -1.05. The molecule has 0 amide bonds. The zero-order valence-corrected chi connectivity index (χ0v) is 19.6. The highest BCUT2D eigenvalue weighted by atomic mass is 19.1. The van der Waals surface area contributed by atoms with E-state index in [2.05, 4.69) is 6.92 Å². The van der Waals surface area contributed by atoms with E-state index >= 15 is 0 Å². The fraction of sp³-hybridized carbons (Fsp3) is 0.760. The van der Waals surface area contributed by atoms with Crippen LogP contribution < -0.4 is 0 Å². The maximum absolute atomic E-state index is 13.4. The lowest BCUT2D eigenvalue weighted by molar-refractivity contribution is -0.399. The van der Waals surface area contributed by atoms with Crippen molar-refractivity contribution in [2.75, 3.05) is 14.2 Å². The fourth-order valence-electron chi connectivity index (χ4n) is 4.08. The van der Waals surface area contributed by atoms with Gasteiger partial charge in [-0.3, -0.25) is 0 Å². The molecule has 1 rings (SSSR count). The van der Waals surface area contributed by atoms with Crippen molar-refractivity contribution in [1.82, 2.24) is 0 Å². The van der Waals surface area contributed by atoms with Crippen LogP contribution in [-0.4, -0.2) is 26.3 Å². The lowest BCUT2D eigenvalue weighted by Gasteiger charge is -2.39. The number of methoxy groups -OCH3 is 2. The highest BCUT2D eigenvalue weighted by Crippen LogP contribution is 2.34. The summed E-state index contributed by atoms with van der Waals surface area (Å²) in [6.07, 6.45) is 11.6. The Bertz CT molecular complexity index is 553. The molecule has 174 valence electrons. The van der Waals surface area contributed by atoms with E-state index in [1.165, 1.54) is 44.2 Å². The quantitative estimate of drug-likeness (QED) is 0.191. The first kappa shape index (κ1) is 27.0. The van der Waals surface area contributed by atoms with Gasteiger partial charge in [0.15, 0.2) is 0 Å². The Labute approximate surface area is 182 Å². The number of ether oxygens (including phenoxy) is 3. The van der Waals surface area contributed by atoms with Gasteiger partial charge in [-0.15, -0.1) is 0 Å². The molecule has 0 aliphatic heterocycles. The van der Waals surface area contributed by atoms with E-state index in [0.29, 0.717) is 12.0 Å². The molecule has 0 aliphatic carbocycles. The van der Waals surface area contributed by atoms with Crippen molar-refractivity contribution < 1.29 is 23.0 Å². The molecule has 0 N–H and O–H groups in total. The van der Waals surface area contributed by atoms with Crippen molar-refractivity contribution in [3.63, 3.8) is 0 Å². The summed E-state index contributed by atoms with van der Waals surface area (Å²) < 4.78 is 44.4. The van der Waals surface area contributed by atoms with Crippen LogP contribution in [0.25, 0.3) is 0 Å². The van der Waals surface area contributed by atoms with Gasteiger partial charge >= 0.3 is 0 Å². The van der Waals surface area contributed by atoms with Crippen molar-refractivity contribution in [3.05, 3.63) is 35.4 Å². The van der Waals surface area contributed by atoms with Crippen molar-refractivity contribution in [2.24, 2.45) is 5.92 Å². The monoisotopic (exact) mass is 428 g/mol. The van der Waals surface area contributed by atoms with Crippen LogP contribution >= 0.6 is 0 Å². The number of hydrogen-bond donors (Lipinski definition) is 0. The Morgan fingerprint density at radius 1 is 0.800 bits per heavy atom. The van der Waals surface area contributed by atoms with Gasteiger partial charge in [0, 0.05) is 26.2 Å². The van der Waals surface area contributed by atoms with Gasteiger partial charge in [-0.25, -0.2) is 8.78 Å². The SMILES string of the molecule is CCCCCCCCC(CCCCc1cc(F)cc(F)c1)C(OC)(OC)OC(C)C. The van der Waals surface area contributed by atoms with Gasteiger partial charge in [0.25, 0.3) is 5.97 Å². The van der Waals surface area contributed by atoms with Gasteiger partial charge in [0.1, 0.15) is 11.6 Å². The topological polar surface area (TPSA) is 27.7 Å². The summed E-state index contributed by atoms with van der Waals surface area (Å²) in [6, 6.07) is 3.73. The van der Waals surface area contributed by atoms with Crippen LogP contribution in [0.5, 0.6) is 0 Å². The van der Waals surface area contributed by atoms with E-state index in [1.54, 1.807) is 14.2 Å². The Morgan fingerprint density at radius 2 is 1.33 bits per heavy atom. The summed E-state index contributed by atoms with van der Waals surface area (Å²) in [5.41, 5.74) is 0.697. The van der Waals surface area contributed by atoms with Crippen LogP contribution in [0.1, 0.15) is 90.5 Å². The largest absolute Gasteiger partial charge is 0.331 e. The fourth-order valence-corrected chi connectivity index (χ4v) is 4.08. The minimum absolute atomic E-state index is 0.0211. The third-order valence-electron chi connectivity index (χ3n) is 5.57. The molecule has 0 aliphatic rings. The first-order valence-electron chi connectivity index (χ1n) is 11.6. The van der Waals surface area contributed by atoms with Crippen LogP contribution in [0, 0.1) is 17.6 Å². The lowest BCUT2D eigenvalue weighted by atomic mass is 9.91. The van der Waals surface area contributed by atoms with Crippen LogP contribution in [0.2, 0.25) is 0 Å². The number of rotatable bonds is 17. The summed E-state index contributed by atoms with van der Waals surface area (Å²) in [5, 5.41) is 0. The molecule has 0 radical (unpaired) electrons. The first-order chi connectivity index (χ1) is 14.4. The Morgan fingerprint density at radius 3 is 1.87 bits per heavy atom. The van der Waals surface area contributed by atoms with Crippen molar-refractivity contribution >= 4 is 0 Å². The highest BCUT2D eigenvalue weighted by Gasteiger charge is 2.41. The summed E-state index contributed by atoms with van der Waals surface area (Å²) in [6.45, 7) is 6.18. The molecule has 0 saturated carbocycles. The molecule has 0 bridgehead atoms. The molecular weight excluding hydrogens is 386 g/mol. The molecule has 0 heterocycles. The molecule has 1 aromatic rings.